The van der Waals surface area contributed by atoms with Crippen LogP contribution in [-0.4, -0.2) is 21.6 Å². The monoisotopic (exact) mass is 280 g/mol. The van der Waals surface area contributed by atoms with Gasteiger partial charge in [-0.05, 0) is 5.56 Å². The lowest BCUT2D eigenvalue weighted by Crippen LogP contribution is -2.32. The fourth-order valence-corrected chi connectivity index (χ4v) is 2.58. The fourth-order valence-electron chi connectivity index (χ4n) is 2.58. The van der Waals surface area contributed by atoms with Gasteiger partial charge in [-0.1, -0.05) is 30.3 Å². The summed E-state index contributed by atoms with van der Waals surface area (Å²) in [4.78, 5) is 25.9. The van der Waals surface area contributed by atoms with Crippen molar-refractivity contribution in [3.8, 4) is 6.07 Å². The first kappa shape index (κ1) is 13.1. The molecule has 0 bridgehead atoms. The van der Waals surface area contributed by atoms with Crippen LogP contribution in [0.3, 0.4) is 0 Å². The molecule has 104 valence electrons. The van der Waals surface area contributed by atoms with E-state index in [1.807, 2.05) is 36.4 Å². The lowest BCUT2D eigenvalue weighted by molar-refractivity contribution is -0.121. The Bertz CT molecular complexity index is 758. The second-order valence-electron chi connectivity index (χ2n) is 4.85. The minimum Gasteiger partial charge on any atom is -0.274 e. The van der Waals surface area contributed by atoms with Crippen LogP contribution in [0.2, 0.25) is 0 Å². The van der Waals surface area contributed by atoms with Crippen molar-refractivity contribution < 1.29 is 9.59 Å². The molecular weight excluding hydrogens is 268 g/mol. The third-order valence-corrected chi connectivity index (χ3v) is 3.59. The maximum atomic E-state index is 12.6. The van der Waals surface area contributed by atoms with Gasteiger partial charge in [0.2, 0.25) is 11.8 Å². The van der Waals surface area contributed by atoms with Gasteiger partial charge in [0, 0.05) is 13.5 Å². The predicted molar refractivity (Wildman–Crippen MR) is 74.2 cm³/mol. The van der Waals surface area contributed by atoms with E-state index in [1.54, 1.807) is 7.05 Å². The quantitative estimate of drug-likeness (QED) is 0.777. The number of carbonyl (C=O) groups excluding carboxylic acids is 2. The van der Waals surface area contributed by atoms with E-state index in [-0.39, 0.29) is 29.6 Å². The van der Waals surface area contributed by atoms with Gasteiger partial charge in [0.25, 0.3) is 0 Å². The SMILES string of the molecule is Cn1ncc(C#N)c1N1C(=O)CC(c2ccccc2)C1=O. The number of aromatic nitrogens is 2. The molecule has 21 heavy (non-hydrogen) atoms. The summed E-state index contributed by atoms with van der Waals surface area (Å²) in [6.45, 7) is 0. The van der Waals surface area contributed by atoms with Gasteiger partial charge in [0.05, 0.1) is 12.1 Å². The Morgan fingerprint density at radius 3 is 2.67 bits per heavy atom. The number of nitriles is 1. The molecule has 3 rings (SSSR count). The second-order valence-corrected chi connectivity index (χ2v) is 4.85. The number of anilines is 1. The van der Waals surface area contributed by atoms with Crippen LogP contribution in [0.15, 0.2) is 36.5 Å². The van der Waals surface area contributed by atoms with Crippen LogP contribution in [-0.2, 0) is 16.6 Å². The Kier molecular flexibility index (Phi) is 3.03. The molecule has 1 aliphatic heterocycles. The number of imide groups is 1. The Hall–Kier alpha value is -2.94. The summed E-state index contributed by atoms with van der Waals surface area (Å²) in [5, 5.41) is 13.0. The lowest BCUT2D eigenvalue weighted by atomic mass is 9.98. The standard InChI is InChI=1S/C15H12N4O2/c1-18-14(11(8-16)9-17-18)19-13(20)7-12(15(19)21)10-5-3-2-4-6-10/h2-6,9,12H,7H2,1H3. The average Bonchev–Trinajstić information content (AvgIpc) is 3.00. The van der Waals surface area contributed by atoms with E-state index >= 15 is 0 Å². The van der Waals surface area contributed by atoms with Crippen molar-refractivity contribution in [3.05, 3.63) is 47.7 Å². The highest BCUT2D eigenvalue weighted by Gasteiger charge is 2.42. The number of rotatable bonds is 2. The first-order valence-electron chi connectivity index (χ1n) is 6.47. The highest BCUT2D eigenvalue weighted by Crippen LogP contribution is 2.34. The third kappa shape index (κ3) is 1.99. The predicted octanol–water partition coefficient (Wildman–Crippen LogP) is 1.34. The van der Waals surface area contributed by atoms with Crippen LogP contribution < -0.4 is 4.90 Å². The first-order valence-corrected chi connectivity index (χ1v) is 6.47. The zero-order valence-corrected chi connectivity index (χ0v) is 11.4. The van der Waals surface area contributed by atoms with Gasteiger partial charge in [-0.15, -0.1) is 0 Å². The van der Waals surface area contributed by atoms with Gasteiger partial charge in [-0.25, -0.2) is 4.90 Å². The van der Waals surface area contributed by atoms with E-state index in [9.17, 15) is 9.59 Å². The maximum Gasteiger partial charge on any atom is 0.243 e. The van der Waals surface area contributed by atoms with Crippen LogP contribution in [0, 0.1) is 11.3 Å². The van der Waals surface area contributed by atoms with Crippen LogP contribution in [0.1, 0.15) is 23.5 Å². The number of amides is 2. The minimum atomic E-state index is -0.500. The summed E-state index contributed by atoms with van der Waals surface area (Å²) in [7, 11) is 1.60. The Labute approximate surface area is 121 Å². The van der Waals surface area contributed by atoms with E-state index in [2.05, 4.69) is 5.10 Å². The topological polar surface area (TPSA) is 79.0 Å². The molecule has 1 saturated heterocycles. The highest BCUT2D eigenvalue weighted by atomic mass is 16.2. The summed E-state index contributed by atoms with van der Waals surface area (Å²) in [6.07, 6.45) is 1.46. The van der Waals surface area contributed by atoms with Crippen LogP contribution in [0.5, 0.6) is 0 Å². The molecule has 2 amide bonds. The molecule has 6 heteroatoms. The van der Waals surface area contributed by atoms with Crippen molar-refractivity contribution >= 4 is 17.6 Å². The van der Waals surface area contributed by atoms with E-state index in [4.69, 9.17) is 5.26 Å². The normalized spacial score (nSPS) is 18.1. The van der Waals surface area contributed by atoms with Crippen molar-refractivity contribution in [1.29, 1.82) is 5.26 Å². The molecule has 1 aliphatic rings. The highest BCUT2D eigenvalue weighted by molar-refractivity contribution is 6.22. The minimum absolute atomic E-state index is 0.110. The van der Waals surface area contributed by atoms with Crippen LogP contribution in [0.4, 0.5) is 5.82 Å². The first-order chi connectivity index (χ1) is 10.1. The summed E-state index contributed by atoms with van der Waals surface area (Å²) >= 11 is 0. The van der Waals surface area contributed by atoms with Crippen LogP contribution in [0.25, 0.3) is 0 Å². The smallest absolute Gasteiger partial charge is 0.243 e. The number of hydrogen-bond acceptors (Lipinski definition) is 4. The van der Waals surface area contributed by atoms with Crippen molar-refractivity contribution in [3.63, 3.8) is 0 Å². The van der Waals surface area contributed by atoms with Gasteiger partial charge >= 0.3 is 0 Å². The molecule has 0 radical (unpaired) electrons. The fraction of sp³-hybridized carbons (Fsp3) is 0.200. The number of carbonyl (C=O) groups is 2. The molecular formula is C15H12N4O2. The van der Waals surface area contributed by atoms with E-state index in [0.717, 1.165) is 10.5 Å². The number of benzene rings is 1. The largest absolute Gasteiger partial charge is 0.274 e. The molecule has 1 atom stereocenters. The molecule has 2 aromatic rings. The van der Waals surface area contributed by atoms with Gasteiger partial charge in [0.15, 0.2) is 5.82 Å². The van der Waals surface area contributed by atoms with Gasteiger partial charge < -0.3 is 0 Å². The Morgan fingerprint density at radius 1 is 1.29 bits per heavy atom. The maximum absolute atomic E-state index is 12.6. The van der Waals surface area contributed by atoms with Gasteiger partial charge in [-0.2, -0.15) is 10.4 Å². The number of aryl methyl sites for hydroxylation is 1. The Morgan fingerprint density at radius 2 is 2.00 bits per heavy atom. The zero-order valence-electron chi connectivity index (χ0n) is 11.4. The Balaban J connectivity index is 2.02. The molecule has 6 nitrogen and oxygen atoms in total. The molecule has 1 aromatic carbocycles. The van der Waals surface area contributed by atoms with Gasteiger partial charge in [0.1, 0.15) is 11.6 Å². The summed E-state index contributed by atoms with van der Waals surface area (Å²) < 4.78 is 1.38. The molecule has 2 heterocycles. The summed E-state index contributed by atoms with van der Waals surface area (Å²) in [6, 6.07) is 11.1. The molecule has 1 fully saturated rings. The number of nitrogens with zero attached hydrogens (tertiary/aromatic N) is 4. The van der Waals surface area contributed by atoms with Crippen molar-refractivity contribution in [2.24, 2.45) is 7.05 Å². The lowest BCUT2D eigenvalue weighted by Gasteiger charge is -2.15. The van der Waals surface area contributed by atoms with E-state index in [1.165, 1.54) is 10.9 Å². The average molecular weight is 280 g/mol. The third-order valence-electron chi connectivity index (χ3n) is 3.59. The van der Waals surface area contributed by atoms with Crippen molar-refractivity contribution in [2.75, 3.05) is 4.90 Å². The molecule has 1 unspecified atom stereocenters. The molecule has 0 spiro atoms. The van der Waals surface area contributed by atoms with Crippen molar-refractivity contribution in [1.82, 2.24) is 9.78 Å². The van der Waals surface area contributed by atoms with E-state index in [0.29, 0.717) is 0 Å². The van der Waals surface area contributed by atoms with Crippen molar-refractivity contribution in [2.45, 2.75) is 12.3 Å². The van der Waals surface area contributed by atoms with Crippen LogP contribution >= 0.6 is 0 Å². The molecule has 0 N–H and O–H groups in total. The van der Waals surface area contributed by atoms with E-state index < -0.39 is 5.92 Å². The summed E-state index contributed by atoms with van der Waals surface area (Å²) in [5.74, 6) is -0.883. The molecule has 0 aliphatic carbocycles. The zero-order chi connectivity index (χ0) is 15.0. The van der Waals surface area contributed by atoms with Gasteiger partial charge in [-0.3, -0.25) is 14.3 Å². The molecule has 0 saturated carbocycles. The number of hydrogen-bond donors (Lipinski definition) is 0. The molecule has 1 aromatic heterocycles. The summed E-state index contributed by atoms with van der Waals surface area (Å²) in [5.41, 5.74) is 1.02. The second kappa shape index (κ2) is 4.87.